The second-order valence-corrected chi connectivity index (χ2v) is 4.11. The van der Waals surface area contributed by atoms with Crippen LogP contribution in [-0.4, -0.2) is 12.0 Å². The number of aryl methyl sites for hydroxylation is 1. The van der Waals surface area contributed by atoms with E-state index < -0.39 is 0 Å². The van der Waals surface area contributed by atoms with Crippen molar-refractivity contribution in [1.82, 2.24) is 10.3 Å². The van der Waals surface area contributed by atoms with Crippen LogP contribution in [0.1, 0.15) is 18.1 Å². The topological polar surface area (TPSA) is 34.1 Å². The molecule has 0 unspecified atom stereocenters. The minimum atomic E-state index is 0.769. The fraction of sp³-hybridized carbons (Fsp3) is 0.267. The van der Waals surface area contributed by atoms with Crippen molar-refractivity contribution in [3.05, 3.63) is 53.9 Å². The van der Waals surface area contributed by atoms with E-state index in [0.29, 0.717) is 0 Å². The van der Waals surface area contributed by atoms with Crippen LogP contribution in [-0.2, 0) is 13.0 Å². The van der Waals surface area contributed by atoms with E-state index in [4.69, 9.17) is 4.74 Å². The van der Waals surface area contributed by atoms with Gasteiger partial charge in [0, 0.05) is 18.3 Å². The van der Waals surface area contributed by atoms with Gasteiger partial charge < -0.3 is 10.1 Å². The largest absolute Gasteiger partial charge is 0.455 e. The van der Waals surface area contributed by atoms with E-state index in [1.807, 2.05) is 25.2 Å². The number of hydrogen-bond acceptors (Lipinski definition) is 3. The number of hydrogen-bond donors (Lipinski definition) is 1. The zero-order valence-electron chi connectivity index (χ0n) is 10.8. The monoisotopic (exact) mass is 242 g/mol. The summed E-state index contributed by atoms with van der Waals surface area (Å²) in [6, 6.07) is 10.1. The molecule has 0 aliphatic carbocycles. The maximum atomic E-state index is 5.86. The first kappa shape index (κ1) is 12.6. The number of pyridine rings is 1. The van der Waals surface area contributed by atoms with Crippen molar-refractivity contribution in [2.45, 2.75) is 19.9 Å². The Labute approximate surface area is 108 Å². The van der Waals surface area contributed by atoms with Gasteiger partial charge in [0.05, 0.1) is 6.20 Å². The van der Waals surface area contributed by atoms with E-state index in [1.54, 1.807) is 12.4 Å². The highest BCUT2D eigenvalue weighted by molar-refractivity contribution is 5.36. The molecule has 0 atom stereocenters. The van der Waals surface area contributed by atoms with Crippen LogP contribution in [0.5, 0.6) is 11.5 Å². The molecule has 0 saturated heterocycles. The van der Waals surface area contributed by atoms with E-state index in [-0.39, 0.29) is 0 Å². The van der Waals surface area contributed by atoms with Gasteiger partial charge in [0.25, 0.3) is 0 Å². The van der Waals surface area contributed by atoms with Gasteiger partial charge in [-0.15, -0.1) is 0 Å². The molecule has 0 amide bonds. The number of ether oxygens (including phenoxy) is 1. The Hall–Kier alpha value is -1.87. The Morgan fingerprint density at radius 1 is 1.17 bits per heavy atom. The molecule has 1 heterocycles. The first-order chi connectivity index (χ1) is 8.83. The molecule has 2 rings (SSSR count). The molecule has 2 aromatic rings. The third-order valence-electron chi connectivity index (χ3n) is 2.80. The van der Waals surface area contributed by atoms with Crippen molar-refractivity contribution in [3.63, 3.8) is 0 Å². The fourth-order valence-corrected chi connectivity index (χ4v) is 1.76. The number of nitrogens with one attached hydrogen (secondary N) is 1. The quantitative estimate of drug-likeness (QED) is 0.874. The highest BCUT2D eigenvalue weighted by atomic mass is 16.5. The summed E-state index contributed by atoms with van der Waals surface area (Å²) in [6.07, 6.45) is 4.57. The van der Waals surface area contributed by atoms with E-state index in [1.165, 1.54) is 5.56 Å². The predicted octanol–water partition coefficient (Wildman–Crippen LogP) is 3.16. The molecule has 1 aromatic carbocycles. The minimum Gasteiger partial charge on any atom is -0.455 e. The first-order valence-corrected chi connectivity index (χ1v) is 6.17. The molecule has 0 spiro atoms. The Kier molecular flexibility index (Phi) is 4.31. The Morgan fingerprint density at radius 2 is 1.94 bits per heavy atom. The average Bonchev–Trinajstić information content (AvgIpc) is 2.42. The summed E-state index contributed by atoms with van der Waals surface area (Å²) in [7, 11) is 1.92. The molecule has 0 radical (unpaired) electrons. The van der Waals surface area contributed by atoms with Gasteiger partial charge in [-0.2, -0.15) is 0 Å². The first-order valence-electron chi connectivity index (χ1n) is 6.17. The molecule has 0 aliphatic rings. The van der Waals surface area contributed by atoms with E-state index >= 15 is 0 Å². The molecular weight excluding hydrogens is 224 g/mol. The highest BCUT2D eigenvalue weighted by Gasteiger charge is 2.04. The lowest BCUT2D eigenvalue weighted by Gasteiger charge is -2.10. The van der Waals surface area contributed by atoms with E-state index in [0.717, 1.165) is 30.0 Å². The van der Waals surface area contributed by atoms with Crippen LogP contribution in [0.15, 0.2) is 42.7 Å². The number of benzene rings is 1. The van der Waals surface area contributed by atoms with Crippen LogP contribution in [0.4, 0.5) is 0 Å². The van der Waals surface area contributed by atoms with Crippen molar-refractivity contribution in [2.24, 2.45) is 0 Å². The van der Waals surface area contributed by atoms with Crippen molar-refractivity contribution in [1.29, 1.82) is 0 Å². The molecule has 3 heteroatoms. The lowest BCUT2D eigenvalue weighted by atomic mass is 10.2. The summed E-state index contributed by atoms with van der Waals surface area (Å²) in [5.41, 5.74) is 2.41. The third-order valence-corrected chi connectivity index (χ3v) is 2.80. The van der Waals surface area contributed by atoms with Crippen molar-refractivity contribution in [2.75, 3.05) is 7.05 Å². The maximum Gasteiger partial charge on any atom is 0.150 e. The molecule has 0 saturated carbocycles. The molecule has 0 bridgehead atoms. The Balaban J connectivity index is 2.17. The Bertz CT molecular complexity index is 494. The zero-order chi connectivity index (χ0) is 12.8. The van der Waals surface area contributed by atoms with E-state index in [9.17, 15) is 0 Å². The van der Waals surface area contributed by atoms with Gasteiger partial charge in [-0.3, -0.25) is 4.98 Å². The SMILES string of the molecule is CCc1ccc(Oc2cnccc2CNC)cc1. The fourth-order valence-electron chi connectivity index (χ4n) is 1.76. The molecule has 1 N–H and O–H groups in total. The summed E-state index contributed by atoms with van der Waals surface area (Å²) in [5.74, 6) is 1.65. The van der Waals surface area contributed by atoms with Crippen LogP contribution in [0.3, 0.4) is 0 Å². The van der Waals surface area contributed by atoms with Crippen LogP contribution in [0.2, 0.25) is 0 Å². The van der Waals surface area contributed by atoms with Gasteiger partial charge in [-0.25, -0.2) is 0 Å². The molecule has 3 nitrogen and oxygen atoms in total. The van der Waals surface area contributed by atoms with Crippen molar-refractivity contribution >= 4 is 0 Å². The lowest BCUT2D eigenvalue weighted by molar-refractivity contribution is 0.471. The lowest BCUT2D eigenvalue weighted by Crippen LogP contribution is -2.06. The second-order valence-electron chi connectivity index (χ2n) is 4.11. The Morgan fingerprint density at radius 3 is 2.61 bits per heavy atom. The minimum absolute atomic E-state index is 0.769. The molecule has 94 valence electrons. The van der Waals surface area contributed by atoms with Gasteiger partial charge in [0.15, 0.2) is 0 Å². The average molecular weight is 242 g/mol. The zero-order valence-corrected chi connectivity index (χ0v) is 10.8. The maximum absolute atomic E-state index is 5.86. The smallest absolute Gasteiger partial charge is 0.150 e. The third kappa shape index (κ3) is 3.08. The molecule has 1 aromatic heterocycles. The van der Waals surface area contributed by atoms with Crippen molar-refractivity contribution in [3.8, 4) is 11.5 Å². The van der Waals surface area contributed by atoms with Crippen molar-refractivity contribution < 1.29 is 4.74 Å². The molecular formula is C15H18N2O. The summed E-state index contributed by atoms with van der Waals surface area (Å²) in [6.45, 7) is 2.91. The number of aromatic nitrogens is 1. The van der Waals surface area contributed by atoms with Gasteiger partial charge >= 0.3 is 0 Å². The van der Waals surface area contributed by atoms with Crippen LogP contribution >= 0.6 is 0 Å². The van der Waals surface area contributed by atoms with E-state index in [2.05, 4.69) is 29.4 Å². The number of rotatable bonds is 5. The second kappa shape index (κ2) is 6.17. The summed E-state index contributed by atoms with van der Waals surface area (Å²) in [5, 5.41) is 3.12. The van der Waals surface area contributed by atoms with Gasteiger partial charge in [0.1, 0.15) is 11.5 Å². The summed E-state index contributed by atoms with van der Waals surface area (Å²) >= 11 is 0. The molecule has 0 aliphatic heterocycles. The highest BCUT2D eigenvalue weighted by Crippen LogP contribution is 2.24. The van der Waals surface area contributed by atoms with Crippen LogP contribution < -0.4 is 10.1 Å². The molecule has 18 heavy (non-hydrogen) atoms. The summed E-state index contributed by atoms with van der Waals surface area (Å²) < 4.78 is 5.86. The summed E-state index contributed by atoms with van der Waals surface area (Å²) in [4.78, 5) is 4.10. The standard InChI is InChI=1S/C15H18N2O/c1-3-12-4-6-14(7-5-12)18-15-11-17-9-8-13(15)10-16-2/h4-9,11,16H,3,10H2,1-2H3. The van der Waals surface area contributed by atoms with Crippen LogP contribution in [0.25, 0.3) is 0 Å². The van der Waals surface area contributed by atoms with Crippen LogP contribution in [0, 0.1) is 0 Å². The van der Waals surface area contributed by atoms with Gasteiger partial charge in [-0.1, -0.05) is 19.1 Å². The normalized spacial score (nSPS) is 10.3. The van der Waals surface area contributed by atoms with Gasteiger partial charge in [0.2, 0.25) is 0 Å². The van der Waals surface area contributed by atoms with Gasteiger partial charge in [-0.05, 0) is 37.2 Å². The molecule has 0 fully saturated rings. The predicted molar refractivity (Wildman–Crippen MR) is 72.9 cm³/mol. The number of nitrogens with zero attached hydrogens (tertiary/aromatic N) is 1.